The fourth-order valence-corrected chi connectivity index (χ4v) is 3.91. The van der Waals surface area contributed by atoms with Crippen molar-refractivity contribution in [2.24, 2.45) is 0 Å². The Hall–Kier alpha value is -2.33. The van der Waals surface area contributed by atoms with Gasteiger partial charge in [0.15, 0.2) is 0 Å². The molecule has 4 heteroatoms. The van der Waals surface area contributed by atoms with Crippen LogP contribution in [0.25, 0.3) is 0 Å². The lowest BCUT2D eigenvalue weighted by atomic mass is 10.1. The molecule has 0 aliphatic carbocycles. The van der Waals surface area contributed by atoms with E-state index in [1.165, 1.54) is 36.8 Å². The molecular formula is C30H48N2O2. The van der Waals surface area contributed by atoms with Crippen LogP contribution < -0.4 is 4.74 Å². The van der Waals surface area contributed by atoms with Gasteiger partial charge in [-0.25, -0.2) is 0 Å². The summed E-state index contributed by atoms with van der Waals surface area (Å²) in [6, 6.07) is 16.7. The minimum Gasteiger partial charge on any atom is -0.494 e. The fraction of sp³-hybridized carbons (Fsp3) is 0.567. The second-order valence-electron chi connectivity index (χ2n) is 8.74. The van der Waals surface area contributed by atoms with E-state index >= 15 is 0 Å². The zero-order valence-corrected chi connectivity index (χ0v) is 22.8. The minimum absolute atomic E-state index is 0.00632. The Morgan fingerprint density at radius 2 is 1.47 bits per heavy atom. The lowest BCUT2D eigenvalue weighted by Crippen LogP contribution is -2.32. The van der Waals surface area contributed by atoms with Gasteiger partial charge in [0.05, 0.1) is 13.2 Å². The maximum atomic E-state index is 12.5. The third-order valence-corrected chi connectivity index (χ3v) is 5.79. The quantitative estimate of drug-likeness (QED) is 0.340. The van der Waals surface area contributed by atoms with Crippen LogP contribution in [0.1, 0.15) is 89.6 Å². The van der Waals surface area contributed by atoms with Crippen LogP contribution >= 0.6 is 0 Å². The summed E-state index contributed by atoms with van der Waals surface area (Å²) in [5.41, 5.74) is 3.65. The highest BCUT2D eigenvalue weighted by atomic mass is 16.5. The Morgan fingerprint density at radius 3 is 2.00 bits per heavy atom. The molecule has 2 aromatic carbocycles. The van der Waals surface area contributed by atoms with Crippen LogP contribution in [0.3, 0.4) is 0 Å². The summed E-state index contributed by atoms with van der Waals surface area (Å²) in [5, 5.41) is 0. The average Bonchev–Trinajstić information content (AvgIpc) is 3.15. The van der Waals surface area contributed by atoms with Crippen molar-refractivity contribution in [3.63, 3.8) is 0 Å². The molecule has 1 aliphatic rings. The minimum atomic E-state index is -0.00632. The number of benzene rings is 2. The number of unbranched alkanes of at least 4 members (excludes halogenated alkanes) is 3. The second-order valence-corrected chi connectivity index (χ2v) is 8.74. The first kappa shape index (κ1) is 29.7. The van der Waals surface area contributed by atoms with Gasteiger partial charge in [-0.2, -0.15) is 0 Å². The Morgan fingerprint density at radius 1 is 0.882 bits per heavy atom. The topological polar surface area (TPSA) is 32.8 Å². The van der Waals surface area contributed by atoms with E-state index in [9.17, 15) is 4.79 Å². The third-order valence-electron chi connectivity index (χ3n) is 5.79. The van der Waals surface area contributed by atoms with E-state index in [2.05, 4.69) is 69.0 Å². The van der Waals surface area contributed by atoms with Crippen molar-refractivity contribution < 1.29 is 9.53 Å². The standard InChI is InChI=1S/C22H28N2O2.C6H14.C2H6/c1-4-15-26-20-11-9-19(10-12-20)22-23(3)16-21(25)24(22)14-13-18-7-5-17(2)6-8-18;1-3-5-6-4-2;1-2/h5-12,22H,4,13-16H2,1-3H3;3-6H2,1-2H3;1-2H3. The molecule has 190 valence electrons. The maximum Gasteiger partial charge on any atom is 0.238 e. The molecule has 0 saturated carbocycles. The van der Waals surface area contributed by atoms with Crippen molar-refractivity contribution in [3.05, 3.63) is 65.2 Å². The summed E-state index contributed by atoms with van der Waals surface area (Å²) >= 11 is 0. The number of ether oxygens (including phenoxy) is 1. The van der Waals surface area contributed by atoms with Gasteiger partial charge in [0.1, 0.15) is 11.9 Å². The van der Waals surface area contributed by atoms with Crippen molar-refractivity contribution in [1.82, 2.24) is 9.80 Å². The maximum absolute atomic E-state index is 12.5. The summed E-state index contributed by atoms with van der Waals surface area (Å²) in [7, 11) is 2.01. The SMILES string of the molecule is CC.CCCCCC.CCCOc1ccc(C2N(C)CC(=O)N2CCc2ccc(C)cc2)cc1. The number of carbonyl (C=O) groups is 1. The molecule has 34 heavy (non-hydrogen) atoms. The lowest BCUT2D eigenvalue weighted by molar-refractivity contribution is -0.128. The van der Waals surface area contributed by atoms with Crippen LogP contribution in [0.15, 0.2) is 48.5 Å². The molecule has 1 unspecified atom stereocenters. The molecular weight excluding hydrogens is 420 g/mol. The average molecular weight is 469 g/mol. The van der Waals surface area contributed by atoms with Gasteiger partial charge in [-0.15, -0.1) is 0 Å². The number of carbonyl (C=O) groups excluding carboxylic acids is 1. The van der Waals surface area contributed by atoms with E-state index < -0.39 is 0 Å². The molecule has 1 atom stereocenters. The van der Waals surface area contributed by atoms with Crippen LogP contribution in [0.4, 0.5) is 0 Å². The molecule has 1 fully saturated rings. The summed E-state index contributed by atoms with van der Waals surface area (Å²) < 4.78 is 5.67. The summed E-state index contributed by atoms with van der Waals surface area (Å²) in [6.07, 6.45) is 7.39. The van der Waals surface area contributed by atoms with Gasteiger partial charge in [-0.3, -0.25) is 9.69 Å². The van der Waals surface area contributed by atoms with Gasteiger partial charge in [0.2, 0.25) is 5.91 Å². The van der Waals surface area contributed by atoms with Gasteiger partial charge in [-0.1, -0.05) is 102 Å². The summed E-state index contributed by atoms with van der Waals surface area (Å²) in [4.78, 5) is 16.6. The van der Waals surface area contributed by atoms with E-state index in [0.29, 0.717) is 6.54 Å². The van der Waals surface area contributed by atoms with E-state index in [-0.39, 0.29) is 12.1 Å². The number of hydrogen-bond acceptors (Lipinski definition) is 3. The molecule has 0 spiro atoms. The molecule has 3 rings (SSSR count). The number of likely N-dealkylation sites (N-methyl/N-ethyl adjacent to an activating group) is 1. The van der Waals surface area contributed by atoms with Crippen molar-refractivity contribution >= 4 is 5.91 Å². The highest BCUT2D eigenvalue weighted by Crippen LogP contribution is 2.30. The van der Waals surface area contributed by atoms with E-state index in [1.54, 1.807) is 0 Å². The summed E-state index contributed by atoms with van der Waals surface area (Å²) in [6.45, 7) is 14.6. The molecule has 1 heterocycles. The molecule has 4 nitrogen and oxygen atoms in total. The molecule has 0 aromatic heterocycles. The fourth-order valence-electron chi connectivity index (χ4n) is 3.91. The predicted octanol–water partition coefficient (Wildman–Crippen LogP) is 7.41. The molecule has 0 bridgehead atoms. The monoisotopic (exact) mass is 468 g/mol. The zero-order valence-electron chi connectivity index (χ0n) is 22.8. The van der Waals surface area contributed by atoms with Crippen molar-refractivity contribution in [1.29, 1.82) is 0 Å². The first-order valence-electron chi connectivity index (χ1n) is 13.3. The number of nitrogens with zero attached hydrogens (tertiary/aromatic N) is 2. The van der Waals surface area contributed by atoms with Gasteiger partial charge in [0.25, 0.3) is 0 Å². The Kier molecular flexibility index (Phi) is 15.0. The highest BCUT2D eigenvalue weighted by molar-refractivity contribution is 5.81. The smallest absolute Gasteiger partial charge is 0.238 e. The van der Waals surface area contributed by atoms with Gasteiger partial charge in [-0.05, 0) is 50.1 Å². The zero-order chi connectivity index (χ0) is 25.3. The largest absolute Gasteiger partial charge is 0.494 e. The van der Waals surface area contributed by atoms with Crippen LogP contribution in [-0.2, 0) is 11.2 Å². The van der Waals surface area contributed by atoms with Crippen LogP contribution in [-0.4, -0.2) is 42.5 Å². The Labute approximate surface area is 209 Å². The Bertz CT molecular complexity index is 782. The molecule has 2 aromatic rings. The Balaban J connectivity index is 0.000000631. The number of amides is 1. The van der Waals surface area contributed by atoms with Crippen molar-refractivity contribution in [2.45, 2.75) is 86.2 Å². The predicted molar refractivity (Wildman–Crippen MR) is 145 cm³/mol. The van der Waals surface area contributed by atoms with Crippen molar-refractivity contribution in [2.75, 3.05) is 26.7 Å². The normalized spacial score (nSPS) is 15.3. The molecule has 1 aliphatic heterocycles. The van der Waals surface area contributed by atoms with E-state index in [0.717, 1.165) is 37.3 Å². The highest BCUT2D eigenvalue weighted by Gasteiger charge is 2.36. The van der Waals surface area contributed by atoms with E-state index in [1.807, 2.05) is 37.9 Å². The molecule has 1 saturated heterocycles. The van der Waals surface area contributed by atoms with Crippen LogP contribution in [0.5, 0.6) is 5.75 Å². The van der Waals surface area contributed by atoms with Gasteiger partial charge >= 0.3 is 0 Å². The first-order valence-corrected chi connectivity index (χ1v) is 13.3. The number of rotatable bonds is 10. The number of hydrogen-bond donors (Lipinski definition) is 0. The molecule has 0 N–H and O–H groups in total. The first-order chi connectivity index (χ1) is 16.5. The lowest BCUT2D eigenvalue weighted by Gasteiger charge is -2.28. The second kappa shape index (κ2) is 17.2. The summed E-state index contributed by atoms with van der Waals surface area (Å²) in [5.74, 6) is 1.07. The van der Waals surface area contributed by atoms with Crippen LogP contribution in [0, 0.1) is 6.92 Å². The van der Waals surface area contributed by atoms with Crippen LogP contribution in [0.2, 0.25) is 0 Å². The third kappa shape index (κ3) is 9.89. The molecule has 0 radical (unpaired) electrons. The van der Waals surface area contributed by atoms with Gasteiger partial charge in [0, 0.05) is 6.54 Å². The van der Waals surface area contributed by atoms with Gasteiger partial charge < -0.3 is 9.64 Å². The number of aryl methyl sites for hydroxylation is 1. The van der Waals surface area contributed by atoms with Crippen molar-refractivity contribution in [3.8, 4) is 5.75 Å². The van der Waals surface area contributed by atoms with E-state index in [4.69, 9.17) is 4.74 Å². The molecule has 1 amide bonds.